The van der Waals surface area contributed by atoms with Gasteiger partial charge >= 0.3 is 0 Å². The van der Waals surface area contributed by atoms with Crippen LogP contribution in [0.3, 0.4) is 0 Å². The van der Waals surface area contributed by atoms with E-state index >= 15 is 0 Å². The summed E-state index contributed by atoms with van der Waals surface area (Å²) in [5, 5.41) is 0.656. The molecule has 4 aromatic rings. The second kappa shape index (κ2) is 7.93. The first-order valence-corrected chi connectivity index (χ1v) is 9.85. The third-order valence-corrected chi connectivity index (χ3v) is 5.62. The van der Waals surface area contributed by atoms with Crippen molar-refractivity contribution in [3.63, 3.8) is 0 Å². The van der Waals surface area contributed by atoms with Crippen LogP contribution in [-0.2, 0) is 5.75 Å². The van der Waals surface area contributed by atoms with Gasteiger partial charge in [0.25, 0.3) is 5.56 Å². The Morgan fingerprint density at radius 2 is 1.76 bits per heavy atom. The molecule has 3 aromatic carbocycles. The minimum atomic E-state index is -0.907. The molecule has 0 fully saturated rings. The molecule has 0 atom stereocenters. The van der Waals surface area contributed by atoms with Crippen LogP contribution in [0.15, 0.2) is 70.6 Å². The van der Waals surface area contributed by atoms with E-state index in [-0.39, 0.29) is 32.6 Å². The Hall–Kier alpha value is -2.77. The van der Waals surface area contributed by atoms with Gasteiger partial charge in [-0.25, -0.2) is 18.2 Å². The predicted octanol–water partition coefficient (Wildman–Crippen LogP) is 5.75. The first-order chi connectivity index (χ1) is 14.0. The van der Waals surface area contributed by atoms with Crippen molar-refractivity contribution in [1.82, 2.24) is 9.55 Å². The highest BCUT2D eigenvalue weighted by molar-refractivity contribution is 7.98. The Bertz CT molecular complexity index is 1270. The topological polar surface area (TPSA) is 34.9 Å². The second-order valence-electron chi connectivity index (χ2n) is 6.14. The summed E-state index contributed by atoms with van der Waals surface area (Å²) in [6.45, 7) is 0. The van der Waals surface area contributed by atoms with Crippen LogP contribution in [0, 0.1) is 17.5 Å². The van der Waals surface area contributed by atoms with Gasteiger partial charge in [-0.3, -0.25) is 9.36 Å². The van der Waals surface area contributed by atoms with E-state index in [0.717, 1.165) is 22.4 Å². The first-order valence-electron chi connectivity index (χ1n) is 8.48. The molecule has 0 bridgehead atoms. The van der Waals surface area contributed by atoms with E-state index in [0.29, 0.717) is 11.6 Å². The van der Waals surface area contributed by atoms with Crippen molar-refractivity contribution in [3.05, 3.63) is 99.1 Å². The fourth-order valence-electron chi connectivity index (χ4n) is 2.89. The van der Waals surface area contributed by atoms with Crippen molar-refractivity contribution >= 4 is 34.3 Å². The normalized spacial score (nSPS) is 11.2. The van der Waals surface area contributed by atoms with Crippen LogP contribution in [0.4, 0.5) is 13.2 Å². The van der Waals surface area contributed by atoms with E-state index < -0.39 is 23.0 Å². The smallest absolute Gasteiger partial charge is 0.266 e. The summed E-state index contributed by atoms with van der Waals surface area (Å²) >= 11 is 7.11. The largest absolute Gasteiger partial charge is 0.268 e. The highest BCUT2D eigenvalue weighted by atomic mass is 35.5. The van der Waals surface area contributed by atoms with E-state index in [4.69, 9.17) is 11.6 Å². The first kappa shape index (κ1) is 19.5. The lowest BCUT2D eigenvalue weighted by atomic mass is 10.2. The van der Waals surface area contributed by atoms with E-state index in [9.17, 15) is 18.0 Å². The van der Waals surface area contributed by atoms with Crippen molar-refractivity contribution in [3.8, 4) is 5.69 Å². The number of hydrogen-bond donors (Lipinski definition) is 0. The maximum Gasteiger partial charge on any atom is 0.266 e. The van der Waals surface area contributed by atoms with Crippen LogP contribution >= 0.6 is 23.4 Å². The molecule has 0 N–H and O–H groups in total. The average Bonchev–Trinajstić information content (AvgIpc) is 2.69. The Morgan fingerprint density at radius 1 is 0.966 bits per heavy atom. The number of fused-ring (bicyclic) bond motifs is 1. The SMILES string of the molecule is O=c1c2ccccc2nc(SCc2c(F)cccc2Cl)n1-c1ccc(F)cc1F. The monoisotopic (exact) mass is 432 g/mol. The van der Waals surface area contributed by atoms with Crippen LogP contribution < -0.4 is 5.56 Å². The summed E-state index contributed by atoms with van der Waals surface area (Å²) < 4.78 is 43.0. The molecule has 1 aromatic heterocycles. The van der Waals surface area contributed by atoms with Gasteiger partial charge in [-0.15, -0.1) is 0 Å². The summed E-state index contributed by atoms with van der Waals surface area (Å²) in [5.41, 5.74) is 0.00567. The van der Waals surface area contributed by atoms with E-state index in [2.05, 4.69) is 4.98 Å². The Kier molecular flexibility index (Phi) is 5.34. The molecule has 0 saturated carbocycles. The molecule has 1 heterocycles. The Balaban J connectivity index is 1.89. The number of halogens is 4. The van der Waals surface area contributed by atoms with Gasteiger partial charge in [-0.2, -0.15) is 0 Å². The molecule has 0 unspecified atom stereocenters. The summed E-state index contributed by atoms with van der Waals surface area (Å²) in [6.07, 6.45) is 0. The molecule has 0 aliphatic carbocycles. The second-order valence-corrected chi connectivity index (χ2v) is 7.49. The average molecular weight is 433 g/mol. The van der Waals surface area contributed by atoms with Crippen LogP contribution in [0.1, 0.15) is 5.56 Å². The molecule has 0 amide bonds. The third kappa shape index (κ3) is 3.75. The van der Waals surface area contributed by atoms with E-state index in [1.165, 1.54) is 18.2 Å². The van der Waals surface area contributed by atoms with Gasteiger partial charge in [0.2, 0.25) is 0 Å². The van der Waals surface area contributed by atoms with Gasteiger partial charge in [-0.05, 0) is 36.4 Å². The van der Waals surface area contributed by atoms with E-state index in [1.807, 2.05) is 0 Å². The van der Waals surface area contributed by atoms with Gasteiger partial charge in [-0.1, -0.05) is 41.6 Å². The van der Waals surface area contributed by atoms with E-state index in [1.54, 1.807) is 30.3 Å². The lowest BCUT2D eigenvalue weighted by Crippen LogP contribution is -2.22. The molecule has 0 aliphatic heterocycles. The predicted molar refractivity (Wildman–Crippen MR) is 108 cm³/mol. The highest BCUT2D eigenvalue weighted by Crippen LogP contribution is 2.29. The van der Waals surface area contributed by atoms with Gasteiger partial charge in [0.15, 0.2) is 5.16 Å². The number of hydrogen-bond acceptors (Lipinski definition) is 3. The summed E-state index contributed by atoms with van der Waals surface area (Å²) in [5.74, 6) is -2.10. The van der Waals surface area contributed by atoms with Crippen molar-refractivity contribution < 1.29 is 13.2 Å². The summed E-state index contributed by atoms with van der Waals surface area (Å²) in [4.78, 5) is 17.5. The number of rotatable bonds is 4. The zero-order valence-electron chi connectivity index (χ0n) is 14.7. The molecular formula is C21H12ClF3N2OS. The molecule has 0 radical (unpaired) electrons. The van der Waals surface area contributed by atoms with Crippen molar-refractivity contribution in [1.29, 1.82) is 0 Å². The minimum Gasteiger partial charge on any atom is -0.268 e. The van der Waals surface area contributed by atoms with Gasteiger partial charge in [0.05, 0.1) is 16.6 Å². The third-order valence-electron chi connectivity index (χ3n) is 4.30. The molecular weight excluding hydrogens is 421 g/mol. The molecule has 0 spiro atoms. The summed E-state index contributed by atoms with van der Waals surface area (Å²) in [6, 6.07) is 13.9. The molecule has 0 saturated heterocycles. The molecule has 146 valence electrons. The quantitative estimate of drug-likeness (QED) is 0.304. The van der Waals surface area contributed by atoms with Crippen LogP contribution in [0.5, 0.6) is 0 Å². The van der Waals surface area contributed by atoms with Gasteiger partial charge < -0.3 is 0 Å². The standard InChI is InChI=1S/C21H12ClF3N2OS/c22-15-5-3-6-16(24)14(15)11-29-21-26-18-7-2-1-4-13(18)20(28)27(21)19-9-8-12(23)10-17(19)25/h1-10H,11H2. The van der Waals surface area contributed by atoms with Crippen LogP contribution in [0.2, 0.25) is 5.02 Å². The van der Waals surface area contributed by atoms with Crippen molar-refractivity contribution in [2.24, 2.45) is 0 Å². The molecule has 4 rings (SSSR count). The number of benzene rings is 3. The van der Waals surface area contributed by atoms with Crippen molar-refractivity contribution in [2.45, 2.75) is 10.9 Å². The maximum atomic E-state index is 14.5. The molecule has 3 nitrogen and oxygen atoms in total. The van der Waals surface area contributed by atoms with Gasteiger partial charge in [0, 0.05) is 22.4 Å². The Morgan fingerprint density at radius 3 is 2.52 bits per heavy atom. The lowest BCUT2D eigenvalue weighted by molar-refractivity contribution is 0.572. The number of para-hydroxylation sites is 1. The molecule has 29 heavy (non-hydrogen) atoms. The number of nitrogens with zero attached hydrogens (tertiary/aromatic N) is 2. The van der Waals surface area contributed by atoms with Crippen LogP contribution in [0.25, 0.3) is 16.6 Å². The fraction of sp³-hybridized carbons (Fsp3) is 0.0476. The zero-order chi connectivity index (χ0) is 20.5. The lowest BCUT2D eigenvalue weighted by Gasteiger charge is -2.14. The maximum absolute atomic E-state index is 14.5. The number of thioether (sulfide) groups is 1. The highest BCUT2D eigenvalue weighted by Gasteiger charge is 2.18. The number of aromatic nitrogens is 2. The van der Waals surface area contributed by atoms with Gasteiger partial charge in [0.1, 0.15) is 17.5 Å². The minimum absolute atomic E-state index is 0.0686. The summed E-state index contributed by atoms with van der Waals surface area (Å²) in [7, 11) is 0. The Labute approximate surface area is 172 Å². The van der Waals surface area contributed by atoms with Crippen LogP contribution in [-0.4, -0.2) is 9.55 Å². The fourth-order valence-corrected chi connectivity index (χ4v) is 4.24. The van der Waals surface area contributed by atoms with Crippen molar-refractivity contribution in [2.75, 3.05) is 0 Å². The zero-order valence-corrected chi connectivity index (χ0v) is 16.3. The molecule has 0 aliphatic rings. The molecule has 8 heteroatoms.